The Balaban J connectivity index is 2.11. The zero-order chi connectivity index (χ0) is 17.7. The second-order valence-corrected chi connectivity index (χ2v) is 4.57. The summed E-state index contributed by atoms with van der Waals surface area (Å²) in [6, 6.07) is 10.6. The minimum absolute atomic E-state index is 0.0378. The molecule has 0 aliphatic heterocycles. The van der Waals surface area contributed by atoms with Gasteiger partial charge in [-0.25, -0.2) is 4.79 Å². The Labute approximate surface area is 135 Å². The molecule has 0 aliphatic rings. The molecule has 0 saturated heterocycles. The van der Waals surface area contributed by atoms with Gasteiger partial charge in [0.05, 0.1) is 16.2 Å². The number of nitro groups is 1. The molecule has 0 atom stereocenters. The molecule has 0 heterocycles. The molecule has 0 aliphatic carbocycles. The number of nitrogens with one attached hydrogen (secondary N) is 2. The van der Waals surface area contributed by atoms with Gasteiger partial charge in [-0.1, -0.05) is 18.2 Å². The summed E-state index contributed by atoms with van der Waals surface area (Å²) in [7, 11) is 0. The van der Waals surface area contributed by atoms with Gasteiger partial charge in [-0.05, 0) is 18.2 Å². The SMILES string of the molecule is O=C(Nc1cccc([N+](=O)[O-])c1)C(=O)Nc1ccccc1C(=O)O. The Kier molecular flexibility index (Phi) is 4.85. The second kappa shape index (κ2) is 7.01. The van der Waals surface area contributed by atoms with Crippen LogP contribution in [0, 0.1) is 10.1 Å². The van der Waals surface area contributed by atoms with E-state index in [-0.39, 0.29) is 22.6 Å². The van der Waals surface area contributed by atoms with E-state index in [1.165, 1.54) is 42.5 Å². The van der Waals surface area contributed by atoms with Crippen molar-refractivity contribution < 1.29 is 24.4 Å². The summed E-state index contributed by atoms with van der Waals surface area (Å²) in [5.74, 6) is -3.45. The summed E-state index contributed by atoms with van der Waals surface area (Å²) in [5.41, 5.74) is -0.390. The standard InChI is InChI=1S/C15H11N3O6/c19-13(16-9-4-3-5-10(8-9)18(23)24)14(20)17-12-7-2-1-6-11(12)15(21)22/h1-8H,(H,16,19)(H,17,20)(H,21,22). The number of para-hydroxylation sites is 1. The first kappa shape index (κ1) is 16.6. The number of carbonyl (C=O) groups excluding carboxylic acids is 2. The van der Waals surface area contributed by atoms with Crippen LogP contribution >= 0.6 is 0 Å². The fourth-order valence-corrected chi connectivity index (χ4v) is 1.84. The lowest BCUT2D eigenvalue weighted by Gasteiger charge is -2.08. The van der Waals surface area contributed by atoms with Crippen molar-refractivity contribution >= 4 is 34.8 Å². The summed E-state index contributed by atoms with van der Waals surface area (Å²) in [4.78, 5) is 44.8. The maximum atomic E-state index is 11.9. The molecule has 0 radical (unpaired) electrons. The van der Waals surface area contributed by atoms with Gasteiger partial charge in [0.15, 0.2) is 0 Å². The third-order valence-corrected chi connectivity index (χ3v) is 2.93. The number of nitrogens with zero attached hydrogens (tertiary/aromatic N) is 1. The molecule has 2 amide bonds. The first-order valence-corrected chi connectivity index (χ1v) is 6.57. The highest BCUT2D eigenvalue weighted by Gasteiger charge is 2.18. The van der Waals surface area contributed by atoms with E-state index in [1.54, 1.807) is 0 Å². The van der Waals surface area contributed by atoms with Gasteiger partial charge >= 0.3 is 17.8 Å². The molecule has 0 unspecified atom stereocenters. The van der Waals surface area contributed by atoms with Gasteiger partial charge < -0.3 is 15.7 Å². The summed E-state index contributed by atoms with van der Waals surface area (Å²) in [5, 5.41) is 24.1. The quantitative estimate of drug-likeness (QED) is 0.444. The number of carboxylic acid groups (broad SMARTS) is 1. The third kappa shape index (κ3) is 3.91. The number of hydrogen-bond acceptors (Lipinski definition) is 5. The van der Waals surface area contributed by atoms with Crippen molar-refractivity contribution in [1.82, 2.24) is 0 Å². The van der Waals surface area contributed by atoms with Gasteiger partial charge in [0, 0.05) is 17.8 Å². The molecule has 24 heavy (non-hydrogen) atoms. The van der Waals surface area contributed by atoms with Crippen molar-refractivity contribution in [3.8, 4) is 0 Å². The Morgan fingerprint density at radius 1 is 0.958 bits per heavy atom. The van der Waals surface area contributed by atoms with Gasteiger partial charge in [-0.2, -0.15) is 0 Å². The molecule has 9 nitrogen and oxygen atoms in total. The summed E-state index contributed by atoms with van der Waals surface area (Å²) in [6.45, 7) is 0. The lowest BCUT2D eigenvalue weighted by molar-refractivity contribution is -0.384. The number of benzene rings is 2. The molecular formula is C15H11N3O6. The number of nitro benzene ring substituents is 1. The molecule has 2 aromatic carbocycles. The number of carbonyl (C=O) groups is 3. The third-order valence-electron chi connectivity index (χ3n) is 2.93. The van der Waals surface area contributed by atoms with Crippen LogP contribution < -0.4 is 10.6 Å². The summed E-state index contributed by atoms with van der Waals surface area (Å²) < 4.78 is 0. The molecule has 0 fully saturated rings. The van der Waals surface area contributed by atoms with Crippen molar-refractivity contribution in [3.05, 3.63) is 64.2 Å². The van der Waals surface area contributed by atoms with E-state index in [0.29, 0.717) is 0 Å². The highest BCUT2D eigenvalue weighted by atomic mass is 16.6. The Bertz CT molecular complexity index is 833. The minimum atomic E-state index is -1.26. The molecule has 2 rings (SSSR count). The van der Waals surface area contributed by atoms with Crippen LogP contribution in [-0.4, -0.2) is 27.8 Å². The van der Waals surface area contributed by atoms with Crippen molar-refractivity contribution in [2.75, 3.05) is 10.6 Å². The van der Waals surface area contributed by atoms with Crippen LogP contribution in [0.1, 0.15) is 10.4 Å². The largest absolute Gasteiger partial charge is 0.478 e. The van der Waals surface area contributed by atoms with Gasteiger partial charge in [-0.3, -0.25) is 19.7 Å². The van der Waals surface area contributed by atoms with Gasteiger partial charge in [0.2, 0.25) is 0 Å². The predicted octanol–water partition coefficient (Wildman–Crippen LogP) is 1.87. The van der Waals surface area contributed by atoms with E-state index in [9.17, 15) is 24.5 Å². The average molecular weight is 329 g/mol. The molecule has 3 N–H and O–H groups in total. The number of non-ortho nitro benzene ring substituents is 1. The Hall–Kier alpha value is -3.75. The minimum Gasteiger partial charge on any atom is -0.478 e. The summed E-state index contributed by atoms with van der Waals surface area (Å²) >= 11 is 0. The predicted molar refractivity (Wildman–Crippen MR) is 83.8 cm³/mol. The van der Waals surface area contributed by atoms with Crippen LogP contribution in [-0.2, 0) is 9.59 Å². The maximum absolute atomic E-state index is 11.9. The van der Waals surface area contributed by atoms with Crippen LogP contribution in [0.25, 0.3) is 0 Å². The lowest BCUT2D eigenvalue weighted by Crippen LogP contribution is -2.29. The van der Waals surface area contributed by atoms with Crippen molar-refractivity contribution in [2.24, 2.45) is 0 Å². The van der Waals surface area contributed by atoms with E-state index in [4.69, 9.17) is 5.11 Å². The first-order valence-electron chi connectivity index (χ1n) is 6.57. The van der Waals surface area contributed by atoms with Crippen LogP contribution in [0.3, 0.4) is 0 Å². The average Bonchev–Trinajstić information content (AvgIpc) is 2.55. The molecule has 122 valence electrons. The van der Waals surface area contributed by atoms with Crippen LogP contribution in [0.15, 0.2) is 48.5 Å². The fraction of sp³-hybridized carbons (Fsp3) is 0. The van der Waals surface area contributed by atoms with Gasteiger partial charge in [-0.15, -0.1) is 0 Å². The van der Waals surface area contributed by atoms with Crippen LogP contribution in [0.5, 0.6) is 0 Å². The number of aromatic carboxylic acids is 1. The number of anilines is 2. The first-order chi connectivity index (χ1) is 11.4. The molecule has 0 spiro atoms. The van der Waals surface area contributed by atoms with Crippen molar-refractivity contribution in [1.29, 1.82) is 0 Å². The highest BCUT2D eigenvalue weighted by molar-refractivity contribution is 6.43. The lowest BCUT2D eigenvalue weighted by atomic mass is 10.2. The topological polar surface area (TPSA) is 139 Å². The molecule has 0 saturated carbocycles. The Morgan fingerprint density at radius 3 is 2.29 bits per heavy atom. The zero-order valence-corrected chi connectivity index (χ0v) is 12.1. The van der Waals surface area contributed by atoms with Gasteiger partial charge in [0.1, 0.15) is 0 Å². The number of carboxylic acids is 1. The van der Waals surface area contributed by atoms with E-state index in [1.807, 2.05) is 0 Å². The Morgan fingerprint density at radius 2 is 1.62 bits per heavy atom. The highest BCUT2D eigenvalue weighted by Crippen LogP contribution is 2.18. The zero-order valence-electron chi connectivity index (χ0n) is 12.1. The van der Waals surface area contributed by atoms with Crippen molar-refractivity contribution in [3.63, 3.8) is 0 Å². The molecule has 0 aromatic heterocycles. The van der Waals surface area contributed by atoms with Crippen LogP contribution in [0.4, 0.5) is 17.1 Å². The second-order valence-electron chi connectivity index (χ2n) is 4.57. The number of hydrogen-bond donors (Lipinski definition) is 3. The monoisotopic (exact) mass is 329 g/mol. The fourth-order valence-electron chi connectivity index (χ4n) is 1.84. The molecule has 2 aromatic rings. The molecular weight excluding hydrogens is 318 g/mol. The van der Waals surface area contributed by atoms with Gasteiger partial charge in [0.25, 0.3) is 5.69 Å². The number of rotatable bonds is 4. The molecule has 0 bridgehead atoms. The van der Waals surface area contributed by atoms with E-state index >= 15 is 0 Å². The van der Waals surface area contributed by atoms with E-state index < -0.39 is 22.7 Å². The number of amides is 2. The van der Waals surface area contributed by atoms with E-state index in [0.717, 1.165) is 6.07 Å². The van der Waals surface area contributed by atoms with E-state index in [2.05, 4.69) is 10.6 Å². The smallest absolute Gasteiger partial charge is 0.337 e. The molecule has 9 heteroatoms. The maximum Gasteiger partial charge on any atom is 0.337 e. The van der Waals surface area contributed by atoms with Crippen molar-refractivity contribution in [2.45, 2.75) is 0 Å². The normalized spacial score (nSPS) is 9.83. The summed E-state index contributed by atoms with van der Waals surface area (Å²) in [6.07, 6.45) is 0. The van der Waals surface area contributed by atoms with Crippen LogP contribution in [0.2, 0.25) is 0 Å².